The van der Waals surface area contributed by atoms with Crippen LogP contribution in [0.25, 0.3) is 0 Å². The van der Waals surface area contributed by atoms with Crippen LogP contribution in [0.5, 0.6) is 5.75 Å². The van der Waals surface area contributed by atoms with E-state index >= 15 is 0 Å². The van der Waals surface area contributed by atoms with E-state index in [-0.39, 0.29) is 17.6 Å². The number of nitrogens with zero attached hydrogens (tertiary/aromatic N) is 1. The smallest absolute Gasteiger partial charge is 0.264 e. The minimum atomic E-state index is -0.292. The molecule has 1 aliphatic heterocycles. The number of carbonyl (C=O) groups excluding carboxylic acids is 1. The number of para-hydroxylation sites is 1. The third-order valence-electron chi connectivity index (χ3n) is 4.97. The summed E-state index contributed by atoms with van der Waals surface area (Å²) < 4.78 is 5.54. The molecule has 2 aromatic carbocycles. The second-order valence-electron chi connectivity index (χ2n) is 7.14. The van der Waals surface area contributed by atoms with Gasteiger partial charge in [-0.15, -0.1) is 0 Å². The number of amides is 1. The van der Waals surface area contributed by atoms with Crippen molar-refractivity contribution in [3.05, 3.63) is 54.1 Å². The van der Waals surface area contributed by atoms with E-state index in [4.69, 9.17) is 17.0 Å². The fourth-order valence-electron chi connectivity index (χ4n) is 3.40. The predicted octanol–water partition coefficient (Wildman–Crippen LogP) is 4.27. The van der Waals surface area contributed by atoms with E-state index in [1.165, 1.54) is 24.9 Å². The van der Waals surface area contributed by atoms with Gasteiger partial charge in [0.15, 0.2) is 11.7 Å². The number of anilines is 2. The van der Waals surface area contributed by atoms with Crippen molar-refractivity contribution >= 4 is 34.6 Å². The fraction of sp³-hybridized carbons (Fsp3) is 0.364. The highest BCUT2D eigenvalue weighted by molar-refractivity contribution is 7.80. The van der Waals surface area contributed by atoms with E-state index in [0.29, 0.717) is 11.8 Å². The molecule has 28 heavy (non-hydrogen) atoms. The van der Waals surface area contributed by atoms with Crippen molar-refractivity contribution in [3.63, 3.8) is 0 Å². The van der Waals surface area contributed by atoms with Gasteiger partial charge in [-0.2, -0.15) is 0 Å². The number of thiocarbonyl (C=S) groups is 1. The van der Waals surface area contributed by atoms with Crippen LogP contribution in [0.15, 0.2) is 48.5 Å². The van der Waals surface area contributed by atoms with Gasteiger partial charge in [0, 0.05) is 24.0 Å². The Hall–Kier alpha value is -2.60. The lowest BCUT2D eigenvalue weighted by atomic mass is 10.0. The minimum Gasteiger partial charge on any atom is -0.483 e. The molecule has 6 heteroatoms. The zero-order chi connectivity index (χ0) is 19.9. The number of hydrogen-bond acceptors (Lipinski definition) is 4. The molecule has 5 nitrogen and oxygen atoms in total. The van der Waals surface area contributed by atoms with E-state index in [1.54, 1.807) is 0 Å². The van der Waals surface area contributed by atoms with Crippen molar-refractivity contribution in [1.82, 2.24) is 5.32 Å². The normalized spacial score (nSPS) is 16.4. The average molecular weight is 398 g/mol. The lowest BCUT2D eigenvalue weighted by Crippen LogP contribution is -2.37. The maximum atomic E-state index is 12.1. The molecule has 0 unspecified atom stereocenters. The first-order valence-corrected chi connectivity index (χ1v) is 10.1. The summed E-state index contributed by atoms with van der Waals surface area (Å²) in [6.07, 6.45) is 3.78. The van der Waals surface area contributed by atoms with Gasteiger partial charge < -0.3 is 15.0 Å². The van der Waals surface area contributed by atoms with Crippen molar-refractivity contribution in [2.45, 2.75) is 39.2 Å². The van der Waals surface area contributed by atoms with E-state index < -0.39 is 0 Å². The van der Waals surface area contributed by atoms with E-state index in [0.717, 1.165) is 17.8 Å². The topological polar surface area (TPSA) is 53.6 Å². The molecule has 1 amide bonds. The Labute approximate surface area is 172 Å². The van der Waals surface area contributed by atoms with Gasteiger partial charge in [-0.05, 0) is 81.2 Å². The molecular weight excluding hydrogens is 370 g/mol. The Kier molecular flexibility index (Phi) is 6.87. The number of aryl methyl sites for hydroxylation is 1. The number of hydrogen-bond donors (Lipinski definition) is 2. The summed E-state index contributed by atoms with van der Waals surface area (Å²) in [7, 11) is 0. The number of rotatable bonds is 5. The summed E-state index contributed by atoms with van der Waals surface area (Å²) in [5, 5.41) is 5.96. The van der Waals surface area contributed by atoms with Gasteiger partial charge in [-0.1, -0.05) is 18.2 Å². The number of nitrogens with one attached hydrogen (secondary N) is 2. The Bertz CT molecular complexity index is 823. The maximum absolute atomic E-state index is 12.1. The second-order valence-corrected chi connectivity index (χ2v) is 7.55. The van der Waals surface area contributed by atoms with Crippen LogP contribution in [0.3, 0.4) is 0 Å². The quantitative estimate of drug-likeness (QED) is 0.738. The van der Waals surface area contributed by atoms with Crippen LogP contribution in [0.1, 0.15) is 31.7 Å². The van der Waals surface area contributed by atoms with Crippen LogP contribution in [-0.4, -0.2) is 30.2 Å². The van der Waals surface area contributed by atoms with Gasteiger partial charge in [0.1, 0.15) is 5.75 Å². The van der Waals surface area contributed by atoms with Crippen molar-refractivity contribution in [2.24, 2.45) is 0 Å². The second kappa shape index (κ2) is 9.55. The zero-order valence-corrected chi connectivity index (χ0v) is 17.2. The molecular formula is C22H27N3O2S. The Morgan fingerprint density at radius 2 is 1.93 bits per heavy atom. The molecule has 1 atom stereocenters. The predicted molar refractivity (Wildman–Crippen MR) is 118 cm³/mol. The lowest BCUT2D eigenvalue weighted by Gasteiger charge is -2.35. The summed E-state index contributed by atoms with van der Waals surface area (Å²) in [5.74, 6) is 0.401. The molecule has 0 radical (unpaired) electrons. The SMILES string of the molecule is Cc1ccccc1OCC(=O)NC(=S)Nc1ccc(N2CCCC[C@H]2C)cc1. The highest BCUT2D eigenvalue weighted by Crippen LogP contribution is 2.25. The highest BCUT2D eigenvalue weighted by atomic mass is 32.1. The first-order chi connectivity index (χ1) is 13.5. The van der Waals surface area contributed by atoms with Gasteiger partial charge in [0.2, 0.25) is 0 Å². The third kappa shape index (κ3) is 5.45. The van der Waals surface area contributed by atoms with Gasteiger partial charge in [-0.25, -0.2) is 0 Å². The van der Waals surface area contributed by atoms with Crippen LogP contribution in [-0.2, 0) is 4.79 Å². The first kappa shape index (κ1) is 20.1. The standard InChI is InChI=1S/C22H27N3O2S/c1-16-7-3-4-9-20(16)27-15-21(26)24-22(28)23-18-10-12-19(13-11-18)25-14-6-5-8-17(25)2/h3-4,7,9-13,17H,5-6,8,14-15H2,1-2H3,(H2,23,24,26,28)/t17-/m1/s1. The van der Waals surface area contributed by atoms with Gasteiger partial charge in [0.25, 0.3) is 5.91 Å². The summed E-state index contributed by atoms with van der Waals surface area (Å²) >= 11 is 5.24. The van der Waals surface area contributed by atoms with Gasteiger partial charge >= 0.3 is 0 Å². The molecule has 2 aromatic rings. The van der Waals surface area contributed by atoms with Crippen molar-refractivity contribution in [1.29, 1.82) is 0 Å². The van der Waals surface area contributed by atoms with Crippen LogP contribution in [0.4, 0.5) is 11.4 Å². The largest absolute Gasteiger partial charge is 0.483 e. The highest BCUT2D eigenvalue weighted by Gasteiger charge is 2.18. The van der Waals surface area contributed by atoms with Crippen LogP contribution in [0.2, 0.25) is 0 Å². The van der Waals surface area contributed by atoms with E-state index in [2.05, 4.69) is 34.6 Å². The van der Waals surface area contributed by atoms with Crippen molar-refractivity contribution in [3.8, 4) is 5.75 Å². The number of benzene rings is 2. The molecule has 1 heterocycles. The van der Waals surface area contributed by atoms with Gasteiger partial charge in [-0.3, -0.25) is 10.1 Å². The van der Waals surface area contributed by atoms with Crippen LogP contribution >= 0.6 is 12.2 Å². The number of ether oxygens (including phenoxy) is 1. The zero-order valence-electron chi connectivity index (χ0n) is 16.4. The molecule has 1 aliphatic rings. The van der Waals surface area contributed by atoms with Crippen molar-refractivity contribution < 1.29 is 9.53 Å². The molecule has 148 valence electrons. The Morgan fingerprint density at radius 3 is 2.64 bits per heavy atom. The Morgan fingerprint density at radius 1 is 1.18 bits per heavy atom. The molecule has 0 bridgehead atoms. The molecule has 0 saturated carbocycles. The molecule has 1 fully saturated rings. The summed E-state index contributed by atoms with van der Waals surface area (Å²) in [6, 6.07) is 16.3. The van der Waals surface area contributed by atoms with Crippen LogP contribution < -0.4 is 20.3 Å². The summed E-state index contributed by atoms with van der Waals surface area (Å²) in [6.45, 7) is 5.23. The van der Waals surface area contributed by atoms with Crippen molar-refractivity contribution in [2.75, 3.05) is 23.4 Å². The molecule has 0 aromatic heterocycles. The monoisotopic (exact) mass is 397 g/mol. The molecule has 1 saturated heterocycles. The number of piperidine rings is 1. The average Bonchev–Trinajstić information content (AvgIpc) is 2.68. The first-order valence-electron chi connectivity index (χ1n) is 9.69. The molecule has 0 spiro atoms. The van der Waals surface area contributed by atoms with Gasteiger partial charge in [0.05, 0.1) is 0 Å². The summed E-state index contributed by atoms with van der Waals surface area (Å²) in [4.78, 5) is 14.5. The van der Waals surface area contributed by atoms with E-state index in [1.807, 2.05) is 43.3 Å². The lowest BCUT2D eigenvalue weighted by molar-refractivity contribution is -0.121. The molecule has 0 aliphatic carbocycles. The molecule has 3 rings (SSSR count). The van der Waals surface area contributed by atoms with E-state index in [9.17, 15) is 4.79 Å². The Balaban J connectivity index is 1.47. The minimum absolute atomic E-state index is 0.0849. The fourth-order valence-corrected chi connectivity index (χ4v) is 3.64. The number of carbonyl (C=O) groups is 1. The molecule has 2 N–H and O–H groups in total. The summed E-state index contributed by atoms with van der Waals surface area (Å²) in [5.41, 5.74) is 3.05. The maximum Gasteiger partial charge on any atom is 0.264 e. The van der Waals surface area contributed by atoms with Crippen LogP contribution in [0, 0.1) is 6.92 Å². The third-order valence-corrected chi connectivity index (χ3v) is 5.17.